The maximum absolute atomic E-state index is 9.73. The molecule has 0 fully saturated rings. The van der Waals surface area contributed by atoms with Gasteiger partial charge < -0.3 is 14.5 Å². The van der Waals surface area contributed by atoms with E-state index in [1.807, 2.05) is 18.2 Å². The summed E-state index contributed by atoms with van der Waals surface area (Å²) >= 11 is 0. The molecule has 1 aliphatic rings. The molecule has 0 unspecified atom stereocenters. The molecule has 0 bridgehead atoms. The lowest BCUT2D eigenvalue weighted by atomic mass is 9.73. The van der Waals surface area contributed by atoms with E-state index in [2.05, 4.69) is 15.7 Å². The first kappa shape index (κ1) is 11.1. The van der Waals surface area contributed by atoms with Crippen molar-refractivity contribution >= 4 is 18.3 Å². The van der Waals surface area contributed by atoms with Crippen LogP contribution in [0.5, 0.6) is 5.88 Å². The van der Waals surface area contributed by atoms with Crippen molar-refractivity contribution in [2.75, 3.05) is 12.1 Å². The molecule has 92 valence electrons. The van der Waals surface area contributed by atoms with Crippen LogP contribution in [-0.2, 0) is 11.1 Å². The van der Waals surface area contributed by atoms with Gasteiger partial charge in [0.1, 0.15) is 0 Å². The Morgan fingerprint density at radius 3 is 3.22 bits per heavy atom. The monoisotopic (exact) mass is 245 g/mol. The third kappa shape index (κ3) is 2.18. The second-order valence-electron chi connectivity index (χ2n) is 4.01. The maximum atomic E-state index is 9.73. The van der Waals surface area contributed by atoms with Gasteiger partial charge in [-0.05, 0) is 29.6 Å². The van der Waals surface area contributed by atoms with Gasteiger partial charge in [-0.1, -0.05) is 6.07 Å². The first-order valence-electron chi connectivity index (χ1n) is 5.67. The largest absolute Gasteiger partial charge is 0.491 e. The summed E-state index contributed by atoms with van der Waals surface area (Å²) < 4.78 is 5.18. The molecule has 2 aromatic rings. The van der Waals surface area contributed by atoms with E-state index in [1.165, 1.54) is 0 Å². The zero-order valence-corrected chi connectivity index (χ0v) is 9.59. The van der Waals surface area contributed by atoms with Crippen molar-refractivity contribution in [1.82, 2.24) is 10.2 Å². The van der Waals surface area contributed by atoms with Crippen LogP contribution in [0.1, 0.15) is 5.56 Å². The van der Waals surface area contributed by atoms with Crippen LogP contribution in [0.2, 0.25) is 0 Å². The molecule has 0 aliphatic carbocycles. The number of benzene rings is 1. The molecule has 1 aromatic heterocycles. The topological polar surface area (TPSA) is 79.4 Å². The summed E-state index contributed by atoms with van der Waals surface area (Å²) in [5.74, 6) is 0.518. The predicted molar refractivity (Wildman–Crippen MR) is 66.5 cm³/mol. The number of fused-ring (bicyclic) bond motifs is 1. The molecular formula is C11H12BN3O3. The van der Waals surface area contributed by atoms with Crippen molar-refractivity contribution in [3.63, 3.8) is 0 Å². The molecule has 2 heterocycles. The highest BCUT2D eigenvalue weighted by atomic mass is 16.7. The smallest absolute Gasteiger partial charge is 0.423 e. The van der Waals surface area contributed by atoms with E-state index >= 15 is 0 Å². The van der Waals surface area contributed by atoms with Gasteiger partial charge in [0, 0.05) is 12.7 Å². The van der Waals surface area contributed by atoms with Crippen LogP contribution in [0.3, 0.4) is 0 Å². The molecule has 1 aromatic carbocycles. The second-order valence-corrected chi connectivity index (χ2v) is 4.01. The van der Waals surface area contributed by atoms with Gasteiger partial charge in [-0.25, -0.2) is 10.6 Å². The van der Waals surface area contributed by atoms with Crippen LogP contribution in [0, 0.1) is 0 Å². The molecule has 0 spiro atoms. The van der Waals surface area contributed by atoms with Crippen molar-refractivity contribution in [3.8, 4) is 5.88 Å². The Bertz CT molecular complexity index is 532. The third-order valence-corrected chi connectivity index (χ3v) is 2.81. The number of nitrogens with one attached hydrogen (secondary N) is 2. The molecule has 0 amide bonds. The average molecular weight is 245 g/mol. The zero-order chi connectivity index (χ0) is 12.4. The first-order valence-corrected chi connectivity index (χ1v) is 5.67. The van der Waals surface area contributed by atoms with Gasteiger partial charge in [0.2, 0.25) is 5.88 Å². The summed E-state index contributed by atoms with van der Waals surface area (Å²) in [6, 6.07) is 7.37. The van der Waals surface area contributed by atoms with E-state index < -0.39 is 7.12 Å². The van der Waals surface area contributed by atoms with E-state index in [-0.39, 0.29) is 0 Å². The lowest BCUT2D eigenvalue weighted by Gasteiger charge is -2.19. The van der Waals surface area contributed by atoms with E-state index in [0.717, 1.165) is 23.1 Å². The van der Waals surface area contributed by atoms with E-state index in [0.29, 0.717) is 12.5 Å². The SMILES string of the molecule is OB1OCCc2ccc(NOc3ccn[nH]3)cc21. The fraction of sp³-hybridized carbons (Fsp3) is 0.182. The lowest BCUT2D eigenvalue weighted by Crippen LogP contribution is -2.41. The number of hydrogen-bond acceptors (Lipinski definition) is 5. The average Bonchev–Trinajstić information content (AvgIpc) is 2.90. The van der Waals surface area contributed by atoms with Crippen LogP contribution >= 0.6 is 0 Å². The van der Waals surface area contributed by atoms with E-state index in [4.69, 9.17) is 9.49 Å². The van der Waals surface area contributed by atoms with Crippen LogP contribution in [0.4, 0.5) is 5.69 Å². The van der Waals surface area contributed by atoms with Crippen LogP contribution in [-0.4, -0.2) is 28.9 Å². The number of hydrogen-bond donors (Lipinski definition) is 3. The van der Waals surface area contributed by atoms with Crippen LogP contribution in [0.25, 0.3) is 0 Å². The van der Waals surface area contributed by atoms with Crippen molar-refractivity contribution in [2.45, 2.75) is 6.42 Å². The molecule has 0 saturated carbocycles. The third-order valence-electron chi connectivity index (χ3n) is 2.81. The highest BCUT2D eigenvalue weighted by Gasteiger charge is 2.24. The molecular weight excluding hydrogens is 233 g/mol. The Morgan fingerprint density at radius 2 is 2.39 bits per heavy atom. The van der Waals surface area contributed by atoms with E-state index in [9.17, 15) is 5.02 Å². The molecule has 3 N–H and O–H groups in total. The van der Waals surface area contributed by atoms with Crippen molar-refractivity contribution in [1.29, 1.82) is 0 Å². The van der Waals surface area contributed by atoms with Gasteiger partial charge in [-0.3, -0.25) is 0 Å². The zero-order valence-electron chi connectivity index (χ0n) is 9.59. The Hall–Kier alpha value is -1.99. The number of anilines is 1. The molecule has 3 rings (SSSR count). The van der Waals surface area contributed by atoms with Crippen molar-refractivity contribution < 1.29 is 14.5 Å². The Labute approximate surface area is 104 Å². The number of rotatable bonds is 3. The fourth-order valence-corrected chi connectivity index (χ4v) is 1.90. The minimum Gasteiger partial charge on any atom is -0.423 e. The number of aromatic amines is 1. The second kappa shape index (κ2) is 4.71. The summed E-state index contributed by atoms with van der Waals surface area (Å²) in [6.07, 6.45) is 2.41. The molecule has 0 atom stereocenters. The summed E-state index contributed by atoms with van der Waals surface area (Å²) in [6.45, 7) is 0.547. The van der Waals surface area contributed by atoms with E-state index in [1.54, 1.807) is 12.3 Å². The molecule has 1 aliphatic heterocycles. The molecule has 7 heteroatoms. The highest BCUT2D eigenvalue weighted by Crippen LogP contribution is 2.13. The van der Waals surface area contributed by atoms with Gasteiger partial charge in [0.05, 0.1) is 11.9 Å². The Morgan fingerprint density at radius 1 is 1.44 bits per heavy atom. The molecule has 0 radical (unpaired) electrons. The van der Waals surface area contributed by atoms with Gasteiger partial charge in [-0.15, -0.1) is 0 Å². The van der Waals surface area contributed by atoms with Gasteiger partial charge in [-0.2, -0.15) is 5.10 Å². The molecule has 6 nitrogen and oxygen atoms in total. The summed E-state index contributed by atoms with van der Waals surface area (Å²) in [7, 11) is -0.859. The van der Waals surface area contributed by atoms with Gasteiger partial charge in [0.15, 0.2) is 0 Å². The standard InChI is InChI=1S/C11H12BN3O3/c16-12-10-7-9(2-1-8(10)4-6-17-12)15-18-11-3-5-13-14-11/h1-3,5,7,15-16H,4,6H2,(H,13,14). The van der Waals surface area contributed by atoms with Gasteiger partial charge in [0.25, 0.3) is 0 Å². The first-order chi connectivity index (χ1) is 8.83. The maximum Gasteiger partial charge on any atom is 0.491 e. The Balaban J connectivity index is 1.75. The number of nitrogens with zero attached hydrogens (tertiary/aromatic N) is 1. The van der Waals surface area contributed by atoms with Crippen LogP contribution in [0.15, 0.2) is 30.5 Å². The summed E-state index contributed by atoms with van der Waals surface area (Å²) in [4.78, 5) is 5.27. The number of H-pyrrole nitrogens is 1. The molecule has 0 saturated heterocycles. The predicted octanol–water partition coefficient (Wildman–Crippen LogP) is 0.0758. The number of aromatic nitrogens is 2. The lowest BCUT2D eigenvalue weighted by molar-refractivity contribution is 0.266. The minimum atomic E-state index is -0.859. The highest BCUT2D eigenvalue weighted by molar-refractivity contribution is 6.61. The van der Waals surface area contributed by atoms with Crippen molar-refractivity contribution in [2.24, 2.45) is 0 Å². The normalized spacial score (nSPS) is 14.2. The summed E-state index contributed by atoms with van der Waals surface area (Å²) in [5, 5.41) is 16.2. The minimum absolute atomic E-state index is 0.518. The fourth-order valence-electron chi connectivity index (χ4n) is 1.90. The van der Waals surface area contributed by atoms with Crippen LogP contribution < -0.4 is 15.8 Å². The summed E-state index contributed by atoms with van der Waals surface area (Å²) in [5.41, 5.74) is 5.40. The Kier molecular flexibility index (Phi) is 2.91. The van der Waals surface area contributed by atoms with Crippen molar-refractivity contribution in [3.05, 3.63) is 36.0 Å². The quantitative estimate of drug-likeness (QED) is 0.527. The molecule has 18 heavy (non-hydrogen) atoms. The van der Waals surface area contributed by atoms with Gasteiger partial charge >= 0.3 is 7.12 Å².